The van der Waals surface area contributed by atoms with Crippen LogP contribution < -0.4 is 5.32 Å². The molecule has 0 aliphatic carbocycles. The molecule has 0 bridgehead atoms. The standard InChI is InChI=1S/C29H25N5OS/c35-27(25-14-8-13-23(31-25)21-9-2-1-3-10-21)32-24-12-5-4-11-22(24)28-33-26-17-20(18-30-29(26)36-28)19-34-15-6-7-16-34/h1-5,8-14,17-18H,6-7,15-16,19H2,(H,32,35). The summed E-state index contributed by atoms with van der Waals surface area (Å²) in [5.41, 5.74) is 5.75. The van der Waals surface area contributed by atoms with E-state index in [1.54, 1.807) is 6.07 Å². The Balaban J connectivity index is 1.26. The van der Waals surface area contributed by atoms with Crippen molar-refractivity contribution in [1.29, 1.82) is 0 Å². The molecule has 5 aromatic rings. The summed E-state index contributed by atoms with van der Waals surface area (Å²) in [4.78, 5) is 30.7. The first-order valence-corrected chi connectivity index (χ1v) is 13.0. The van der Waals surface area contributed by atoms with Gasteiger partial charge in [-0.1, -0.05) is 59.9 Å². The zero-order valence-electron chi connectivity index (χ0n) is 19.7. The topological polar surface area (TPSA) is 71.0 Å². The van der Waals surface area contributed by atoms with Crippen molar-refractivity contribution in [3.05, 3.63) is 96.3 Å². The number of fused-ring (bicyclic) bond motifs is 1. The third kappa shape index (κ3) is 4.76. The van der Waals surface area contributed by atoms with E-state index in [2.05, 4.69) is 26.3 Å². The summed E-state index contributed by atoms with van der Waals surface area (Å²) >= 11 is 1.54. The number of pyridine rings is 2. The first kappa shape index (κ1) is 22.5. The van der Waals surface area contributed by atoms with Crippen LogP contribution in [0.15, 0.2) is 85.1 Å². The van der Waals surface area contributed by atoms with Gasteiger partial charge in [0.25, 0.3) is 5.91 Å². The summed E-state index contributed by atoms with van der Waals surface area (Å²) in [6.45, 7) is 3.21. The molecular formula is C29H25N5OS. The summed E-state index contributed by atoms with van der Waals surface area (Å²) < 4.78 is 0. The number of nitrogens with one attached hydrogen (secondary N) is 1. The van der Waals surface area contributed by atoms with Crippen LogP contribution in [-0.2, 0) is 6.54 Å². The number of rotatable bonds is 6. The lowest BCUT2D eigenvalue weighted by Crippen LogP contribution is -2.18. The molecule has 178 valence electrons. The zero-order chi connectivity index (χ0) is 24.3. The Morgan fingerprint density at radius 1 is 0.917 bits per heavy atom. The molecule has 36 heavy (non-hydrogen) atoms. The summed E-state index contributed by atoms with van der Waals surface area (Å²) in [7, 11) is 0. The van der Waals surface area contributed by atoms with Crippen molar-refractivity contribution >= 4 is 33.3 Å². The molecule has 2 aromatic carbocycles. The number of likely N-dealkylation sites (tertiary alicyclic amines) is 1. The van der Waals surface area contributed by atoms with E-state index < -0.39 is 0 Å². The average Bonchev–Trinajstić information content (AvgIpc) is 3.59. The highest BCUT2D eigenvalue weighted by Gasteiger charge is 2.17. The van der Waals surface area contributed by atoms with E-state index in [0.717, 1.165) is 51.8 Å². The van der Waals surface area contributed by atoms with Gasteiger partial charge in [0.2, 0.25) is 0 Å². The van der Waals surface area contributed by atoms with Crippen LogP contribution in [0, 0.1) is 0 Å². The van der Waals surface area contributed by atoms with Crippen LogP contribution in [0.4, 0.5) is 5.69 Å². The number of hydrogen-bond acceptors (Lipinski definition) is 6. The maximum Gasteiger partial charge on any atom is 0.274 e. The van der Waals surface area contributed by atoms with E-state index >= 15 is 0 Å². The summed E-state index contributed by atoms with van der Waals surface area (Å²) in [5.74, 6) is -0.257. The Kier molecular flexibility index (Phi) is 6.24. The fourth-order valence-corrected chi connectivity index (χ4v) is 5.49. The molecule has 3 aromatic heterocycles. The monoisotopic (exact) mass is 491 g/mol. The normalized spacial score (nSPS) is 13.8. The third-order valence-corrected chi connectivity index (χ3v) is 7.38. The second kappa shape index (κ2) is 9.97. The number of hydrogen-bond donors (Lipinski definition) is 1. The van der Waals surface area contributed by atoms with Crippen LogP contribution in [0.1, 0.15) is 28.9 Å². The highest BCUT2D eigenvalue weighted by atomic mass is 32.1. The molecule has 0 radical (unpaired) electrons. The summed E-state index contributed by atoms with van der Waals surface area (Å²) in [6.07, 6.45) is 4.50. The van der Waals surface area contributed by atoms with Gasteiger partial charge in [-0.3, -0.25) is 9.69 Å². The van der Waals surface area contributed by atoms with Gasteiger partial charge in [0.15, 0.2) is 0 Å². The molecule has 1 aliphatic rings. The van der Waals surface area contributed by atoms with E-state index in [-0.39, 0.29) is 5.91 Å². The predicted octanol–water partition coefficient (Wildman–Crippen LogP) is 6.27. The van der Waals surface area contributed by atoms with Crippen molar-refractivity contribution in [3.8, 4) is 21.8 Å². The number of nitrogens with zero attached hydrogens (tertiary/aromatic N) is 4. The minimum Gasteiger partial charge on any atom is -0.320 e. The van der Waals surface area contributed by atoms with Crippen LogP contribution in [-0.4, -0.2) is 38.8 Å². The molecular weight excluding hydrogens is 466 g/mol. The fraction of sp³-hybridized carbons (Fsp3) is 0.172. The lowest BCUT2D eigenvalue weighted by Gasteiger charge is -2.13. The molecule has 6 nitrogen and oxygen atoms in total. The van der Waals surface area contributed by atoms with Gasteiger partial charge in [0, 0.05) is 23.9 Å². The molecule has 1 aliphatic heterocycles. The number of para-hydroxylation sites is 1. The van der Waals surface area contributed by atoms with Crippen molar-refractivity contribution in [2.45, 2.75) is 19.4 Å². The Hall–Kier alpha value is -3.94. The van der Waals surface area contributed by atoms with E-state index in [0.29, 0.717) is 11.4 Å². The average molecular weight is 492 g/mol. The molecule has 0 saturated carbocycles. The van der Waals surface area contributed by atoms with Gasteiger partial charge in [-0.25, -0.2) is 15.0 Å². The number of amides is 1. The van der Waals surface area contributed by atoms with Gasteiger partial charge in [-0.15, -0.1) is 0 Å². The molecule has 0 spiro atoms. The smallest absolute Gasteiger partial charge is 0.274 e. The van der Waals surface area contributed by atoms with Crippen LogP contribution in [0.25, 0.3) is 32.2 Å². The molecule has 0 atom stereocenters. The second-order valence-corrected chi connectivity index (χ2v) is 9.92. The number of thiazole rings is 1. The van der Waals surface area contributed by atoms with Gasteiger partial charge in [0.1, 0.15) is 21.0 Å². The molecule has 1 fully saturated rings. The number of benzene rings is 2. The van der Waals surface area contributed by atoms with Gasteiger partial charge in [0.05, 0.1) is 11.4 Å². The fourth-order valence-electron chi connectivity index (χ4n) is 4.56. The van der Waals surface area contributed by atoms with E-state index in [1.165, 1.54) is 29.7 Å². The molecule has 6 rings (SSSR count). The molecule has 1 N–H and O–H groups in total. The quantitative estimate of drug-likeness (QED) is 0.303. The predicted molar refractivity (Wildman–Crippen MR) is 145 cm³/mol. The number of aromatic nitrogens is 3. The van der Waals surface area contributed by atoms with E-state index in [9.17, 15) is 4.79 Å². The Morgan fingerprint density at radius 2 is 1.72 bits per heavy atom. The van der Waals surface area contributed by atoms with Crippen molar-refractivity contribution in [1.82, 2.24) is 19.9 Å². The lowest BCUT2D eigenvalue weighted by molar-refractivity contribution is 0.102. The van der Waals surface area contributed by atoms with Gasteiger partial charge < -0.3 is 5.32 Å². The van der Waals surface area contributed by atoms with Crippen LogP contribution in [0.2, 0.25) is 0 Å². The van der Waals surface area contributed by atoms with Crippen molar-refractivity contribution in [3.63, 3.8) is 0 Å². The maximum absolute atomic E-state index is 13.2. The number of carbonyl (C=O) groups is 1. The molecule has 1 saturated heterocycles. The Bertz CT molecular complexity index is 1530. The van der Waals surface area contributed by atoms with Crippen LogP contribution in [0.5, 0.6) is 0 Å². The Morgan fingerprint density at radius 3 is 2.58 bits per heavy atom. The van der Waals surface area contributed by atoms with Crippen molar-refractivity contribution in [2.75, 3.05) is 18.4 Å². The van der Waals surface area contributed by atoms with E-state index in [4.69, 9.17) is 4.98 Å². The number of carbonyl (C=O) groups excluding carboxylic acids is 1. The minimum absolute atomic E-state index is 0.257. The van der Waals surface area contributed by atoms with Crippen molar-refractivity contribution < 1.29 is 4.79 Å². The molecule has 4 heterocycles. The lowest BCUT2D eigenvalue weighted by atomic mass is 10.1. The zero-order valence-corrected chi connectivity index (χ0v) is 20.5. The summed E-state index contributed by atoms with van der Waals surface area (Å²) in [6, 6.07) is 25.2. The van der Waals surface area contributed by atoms with Gasteiger partial charge in [-0.05, 0) is 61.8 Å². The Labute approximate surface area is 213 Å². The second-order valence-electron chi connectivity index (χ2n) is 8.94. The van der Waals surface area contributed by atoms with Crippen LogP contribution >= 0.6 is 11.3 Å². The van der Waals surface area contributed by atoms with Crippen molar-refractivity contribution in [2.24, 2.45) is 0 Å². The third-order valence-electron chi connectivity index (χ3n) is 6.37. The largest absolute Gasteiger partial charge is 0.320 e. The highest BCUT2D eigenvalue weighted by molar-refractivity contribution is 7.21. The molecule has 0 unspecified atom stereocenters. The van der Waals surface area contributed by atoms with Gasteiger partial charge in [-0.2, -0.15) is 0 Å². The van der Waals surface area contributed by atoms with Crippen LogP contribution in [0.3, 0.4) is 0 Å². The molecule has 1 amide bonds. The first-order valence-electron chi connectivity index (χ1n) is 12.1. The first-order chi connectivity index (χ1) is 17.7. The number of anilines is 1. The maximum atomic E-state index is 13.2. The highest BCUT2D eigenvalue weighted by Crippen LogP contribution is 2.34. The van der Waals surface area contributed by atoms with Gasteiger partial charge >= 0.3 is 0 Å². The summed E-state index contributed by atoms with van der Waals surface area (Å²) in [5, 5.41) is 3.88. The SMILES string of the molecule is O=C(Nc1ccccc1-c1nc2cc(CN3CCCC3)cnc2s1)c1cccc(-c2ccccc2)n1. The minimum atomic E-state index is -0.257. The van der Waals surface area contributed by atoms with E-state index in [1.807, 2.05) is 72.9 Å². The molecule has 7 heteroatoms.